The van der Waals surface area contributed by atoms with Crippen molar-refractivity contribution in [2.24, 2.45) is 0 Å². The van der Waals surface area contributed by atoms with Crippen molar-refractivity contribution in [1.82, 2.24) is 0 Å². The molecule has 0 spiro atoms. The monoisotopic (exact) mass is 502 g/mol. The van der Waals surface area contributed by atoms with Gasteiger partial charge in [-0.1, -0.05) is 95.9 Å². The van der Waals surface area contributed by atoms with Gasteiger partial charge in [-0.2, -0.15) is 4.39 Å². The first-order chi connectivity index (χ1) is 17.6. The minimum atomic E-state index is -0.972. The van der Waals surface area contributed by atoms with E-state index in [0.29, 0.717) is 19.8 Å². The lowest BCUT2D eigenvalue weighted by atomic mass is 9.97. The van der Waals surface area contributed by atoms with E-state index in [0.717, 1.165) is 31.2 Å². The molecule has 0 aromatic heterocycles. The third kappa shape index (κ3) is 8.85. The Labute approximate surface area is 216 Å². The van der Waals surface area contributed by atoms with E-state index in [-0.39, 0.29) is 17.2 Å². The molecular formula is C31H44F2O3. The van der Waals surface area contributed by atoms with Gasteiger partial charge in [0.05, 0.1) is 19.8 Å². The van der Waals surface area contributed by atoms with Crippen LogP contribution in [0.5, 0.6) is 5.75 Å². The number of rotatable bonds is 16. The van der Waals surface area contributed by atoms with Crippen molar-refractivity contribution < 1.29 is 23.0 Å². The Hall–Kier alpha value is -1.98. The normalized spacial score (nSPS) is 17.9. The summed E-state index contributed by atoms with van der Waals surface area (Å²) in [5.41, 5.74) is 2.56. The fraction of sp³-hybridized carbons (Fsp3) is 0.613. The van der Waals surface area contributed by atoms with E-state index in [1.807, 2.05) is 0 Å². The molecule has 0 aliphatic carbocycles. The lowest BCUT2D eigenvalue weighted by molar-refractivity contribution is -0.193. The summed E-state index contributed by atoms with van der Waals surface area (Å²) in [6.45, 7) is 5.61. The van der Waals surface area contributed by atoms with Crippen LogP contribution in [0.2, 0.25) is 0 Å². The Balaban J connectivity index is 1.42. The van der Waals surface area contributed by atoms with Crippen LogP contribution >= 0.6 is 0 Å². The Morgan fingerprint density at radius 2 is 1.33 bits per heavy atom. The molecule has 1 aliphatic heterocycles. The third-order valence-corrected chi connectivity index (χ3v) is 7.00. The highest BCUT2D eigenvalue weighted by Crippen LogP contribution is 2.34. The first kappa shape index (κ1) is 28.6. The van der Waals surface area contributed by atoms with Crippen LogP contribution in [0.1, 0.15) is 113 Å². The summed E-state index contributed by atoms with van der Waals surface area (Å²) in [7, 11) is 0. The molecule has 3 nitrogen and oxygen atoms in total. The van der Waals surface area contributed by atoms with Gasteiger partial charge < -0.3 is 14.2 Å². The molecule has 0 amide bonds. The molecule has 0 unspecified atom stereocenters. The van der Waals surface area contributed by atoms with Crippen LogP contribution in [0.3, 0.4) is 0 Å². The van der Waals surface area contributed by atoms with E-state index in [2.05, 4.69) is 38.1 Å². The van der Waals surface area contributed by atoms with Gasteiger partial charge in [0, 0.05) is 11.5 Å². The number of ether oxygens (including phenoxy) is 3. The van der Waals surface area contributed by atoms with Gasteiger partial charge in [0.25, 0.3) is 0 Å². The maximum absolute atomic E-state index is 14.8. The molecule has 0 bridgehead atoms. The van der Waals surface area contributed by atoms with Gasteiger partial charge >= 0.3 is 0 Å². The zero-order valence-corrected chi connectivity index (χ0v) is 22.2. The maximum Gasteiger partial charge on any atom is 0.201 e. The van der Waals surface area contributed by atoms with Crippen LogP contribution in [0, 0.1) is 11.6 Å². The van der Waals surface area contributed by atoms with Gasteiger partial charge in [-0.25, -0.2) is 4.39 Å². The van der Waals surface area contributed by atoms with Gasteiger partial charge in [-0.3, -0.25) is 0 Å². The standard InChI is InChI=1S/C31H44F2O3/c1-3-5-7-8-9-10-11-13-21-34-28-20-19-27(29(32)30(28)33)31-35-22-26(23-36-31)25-17-15-24(16-18-25)14-12-6-4-2/h15-20,26,31H,3-14,21-23H2,1-2H3. The van der Waals surface area contributed by atoms with E-state index in [4.69, 9.17) is 14.2 Å². The van der Waals surface area contributed by atoms with Crippen LogP contribution in [-0.2, 0) is 15.9 Å². The summed E-state index contributed by atoms with van der Waals surface area (Å²) in [5.74, 6) is -1.90. The Morgan fingerprint density at radius 3 is 2.00 bits per heavy atom. The SMILES string of the molecule is CCCCCCCCCCOc1ccc(C2OCC(c3ccc(CCCCC)cc3)CO2)c(F)c1F. The number of benzene rings is 2. The number of unbranched alkanes of at least 4 members (excludes halogenated alkanes) is 9. The molecule has 0 atom stereocenters. The molecule has 0 saturated carbocycles. The number of halogens is 2. The van der Waals surface area contributed by atoms with Crippen molar-refractivity contribution in [3.8, 4) is 5.75 Å². The molecule has 0 N–H and O–H groups in total. The van der Waals surface area contributed by atoms with Crippen LogP contribution in [-0.4, -0.2) is 19.8 Å². The topological polar surface area (TPSA) is 27.7 Å². The lowest BCUT2D eigenvalue weighted by Gasteiger charge is -2.30. The molecule has 2 aromatic rings. The molecule has 1 heterocycles. The van der Waals surface area contributed by atoms with Gasteiger partial charge in [0.1, 0.15) is 0 Å². The maximum atomic E-state index is 14.8. The van der Waals surface area contributed by atoms with Crippen molar-refractivity contribution in [1.29, 1.82) is 0 Å². The summed E-state index contributed by atoms with van der Waals surface area (Å²) in [6.07, 6.45) is 13.2. The number of aryl methyl sites for hydroxylation is 1. The molecule has 36 heavy (non-hydrogen) atoms. The van der Waals surface area contributed by atoms with Crippen LogP contribution in [0.15, 0.2) is 36.4 Å². The fourth-order valence-corrected chi connectivity index (χ4v) is 4.67. The highest BCUT2D eigenvalue weighted by atomic mass is 19.2. The van der Waals surface area contributed by atoms with E-state index in [1.165, 1.54) is 69.1 Å². The van der Waals surface area contributed by atoms with Gasteiger partial charge in [-0.15, -0.1) is 0 Å². The van der Waals surface area contributed by atoms with Gasteiger partial charge in [-0.05, 0) is 42.5 Å². The average Bonchev–Trinajstić information content (AvgIpc) is 2.91. The second-order valence-electron chi connectivity index (χ2n) is 10.00. The zero-order valence-electron chi connectivity index (χ0n) is 22.2. The fourth-order valence-electron chi connectivity index (χ4n) is 4.67. The van der Waals surface area contributed by atoms with E-state index in [9.17, 15) is 8.78 Å². The van der Waals surface area contributed by atoms with E-state index in [1.54, 1.807) is 0 Å². The van der Waals surface area contributed by atoms with E-state index < -0.39 is 17.9 Å². The smallest absolute Gasteiger partial charge is 0.201 e. The van der Waals surface area contributed by atoms with Crippen molar-refractivity contribution >= 4 is 0 Å². The molecule has 1 fully saturated rings. The van der Waals surface area contributed by atoms with Crippen molar-refractivity contribution in [2.45, 2.75) is 103 Å². The summed E-state index contributed by atoms with van der Waals surface area (Å²) in [5, 5.41) is 0. The number of hydrogen-bond donors (Lipinski definition) is 0. The van der Waals surface area contributed by atoms with Crippen LogP contribution < -0.4 is 4.74 Å². The minimum Gasteiger partial charge on any atom is -0.490 e. The van der Waals surface area contributed by atoms with Gasteiger partial charge in [0.15, 0.2) is 17.9 Å². The van der Waals surface area contributed by atoms with E-state index >= 15 is 0 Å². The molecular weight excluding hydrogens is 458 g/mol. The summed E-state index contributed by atoms with van der Waals surface area (Å²) in [4.78, 5) is 0. The van der Waals surface area contributed by atoms with Gasteiger partial charge in [0.2, 0.25) is 5.82 Å². The molecule has 0 radical (unpaired) electrons. The lowest BCUT2D eigenvalue weighted by Crippen LogP contribution is -2.26. The predicted octanol–water partition coefficient (Wildman–Crippen LogP) is 9.05. The first-order valence-electron chi connectivity index (χ1n) is 14.1. The molecule has 1 saturated heterocycles. The molecule has 3 rings (SSSR count). The van der Waals surface area contributed by atoms with Crippen LogP contribution in [0.25, 0.3) is 0 Å². The Kier molecular flexibility index (Phi) is 12.7. The third-order valence-electron chi connectivity index (χ3n) is 7.00. The summed E-state index contributed by atoms with van der Waals surface area (Å²) < 4.78 is 46.6. The summed E-state index contributed by atoms with van der Waals surface area (Å²) >= 11 is 0. The molecule has 200 valence electrons. The second kappa shape index (κ2) is 16.0. The van der Waals surface area contributed by atoms with Crippen molar-refractivity contribution in [3.05, 3.63) is 64.7 Å². The average molecular weight is 503 g/mol. The zero-order chi connectivity index (χ0) is 25.6. The van der Waals surface area contributed by atoms with Crippen LogP contribution in [0.4, 0.5) is 8.78 Å². The minimum absolute atomic E-state index is 0.0492. The largest absolute Gasteiger partial charge is 0.490 e. The number of hydrogen-bond acceptors (Lipinski definition) is 3. The van der Waals surface area contributed by atoms with Crippen molar-refractivity contribution in [3.63, 3.8) is 0 Å². The second-order valence-corrected chi connectivity index (χ2v) is 10.00. The Morgan fingerprint density at radius 1 is 0.722 bits per heavy atom. The molecule has 2 aromatic carbocycles. The highest BCUT2D eigenvalue weighted by Gasteiger charge is 2.28. The van der Waals surface area contributed by atoms with Crippen molar-refractivity contribution in [2.75, 3.05) is 19.8 Å². The highest BCUT2D eigenvalue weighted by molar-refractivity contribution is 5.32. The first-order valence-corrected chi connectivity index (χ1v) is 14.1. The quantitative estimate of drug-likeness (QED) is 0.214. The summed E-state index contributed by atoms with van der Waals surface area (Å²) in [6, 6.07) is 11.6. The Bertz CT molecular complexity index is 876. The molecule has 1 aliphatic rings. The molecule has 5 heteroatoms. The predicted molar refractivity (Wildman–Crippen MR) is 142 cm³/mol.